The fourth-order valence-electron chi connectivity index (χ4n) is 2.64. The molecule has 0 amide bonds. The van der Waals surface area contributed by atoms with E-state index in [0.717, 1.165) is 26.2 Å². The van der Waals surface area contributed by atoms with Gasteiger partial charge in [-0.15, -0.1) is 0 Å². The standard InChI is InChI=1S/C16H24N4O2S/c1-14(20-8-6-19(2)7-9-20)12-18-23(21,22)13-16-5-3-4-15(10-16)11-17/h3-5,10,14,18H,6-9,12-13H2,1-2H3/t14-/m1/s1. The Kier molecular flexibility index (Phi) is 6.13. The SMILES string of the molecule is C[C@H](CNS(=O)(=O)Cc1cccc(C#N)c1)N1CCN(C)CC1. The fraction of sp³-hybridized carbons (Fsp3) is 0.562. The van der Waals surface area contributed by atoms with E-state index in [4.69, 9.17) is 5.26 Å². The van der Waals surface area contributed by atoms with Crippen molar-refractivity contribution in [1.82, 2.24) is 14.5 Å². The van der Waals surface area contributed by atoms with Gasteiger partial charge < -0.3 is 4.90 Å². The van der Waals surface area contributed by atoms with Crippen molar-refractivity contribution in [3.05, 3.63) is 35.4 Å². The molecule has 1 fully saturated rings. The summed E-state index contributed by atoms with van der Waals surface area (Å²) in [7, 11) is -1.30. The lowest BCUT2D eigenvalue weighted by Gasteiger charge is -2.36. The van der Waals surface area contributed by atoms with Crippen LogP contribution in [0.5, 0.6) is 0 Å². The molecule has 126 valence electrons. The van der Waals surface area contributed by atoms with Crippen molar-refractivity contribution in [2.75, 3.05) is 39.8 Å². The minimum atomic E-state index is -3.40. The van der Waals surface area contributed by atoms with Gasteiger partial charge >= 0.3 is 0 Å². The van der Waals surface area contributed by atoms with E-state index in [9.17, 15) is 8.42 Å². The highest BCUT2D eigenvalue weighted by atomic mass is 32.2. The van der Waals surface area contributed by atoms with E-state index < -0.39 is 10.0 Å². The third-order valence-corrected chi connectivity index (χ3v) is 5.49. The van der Waals surface area contributed by atoms with Crippen LogP contribution < -0.4 is 4.72 Å². The van der Waals surface area contributed by atoms with Gasteiger partial charge in [0, 0.05) is 38.8 Å². The van der Waals surface area contributed by atoms with Crippen LogP contribution in [0.1, 0.15) is 18.1 Å². The molecule has 0 spiro atoms. The number of hydrogen-bond donors (Lipinski definition) is 1. The molecular formula is C16H24N4O2S. The van der Waals surface area contributed by atoms with Crippen molar-refractivity contribution < 1.29 is 8.42 Å². The number of nitrogens with zero attached hydrogens (tertiary/aromatic N) is 3. The number of nitriles is 1. The molecule has 0 aliphatic carbocycles. The third kappa shape index (κ3) is 5.59. The largest absolute Gasteiger partial charge is 0.304 e. The Balaban J connectivity index is 1.87. The molecular weight excluding hydrogens is 312 g/mol. The third-order valence-electron chi connectivity index (χ3n) is 4.17. The second-order valence-electron chi connectivity index (χ2n) is 6.11. The first kappa shape index (κ1) is 17.9. The van der Waals surface area contributed by atoms with Crippen molar-refractivity contribution in [2.24, 2.45) is 0 Å². The minimum Gasteiger partial charge on any atom is -0.304 e. The summed E-state index contributed by atoms with van der Waals surface area (Å²) in [5.74, 6) is -0.0992. The maximum atomic E-state index is 12.2. The molecule has 23 heavy (non-hydrogen) atoms. The molecule has 1 atom stereocenters. The highest BCUT2D eigenvalue weighted by Crippen LogP contribution is 2.09. The Bertz CT molecular complexity index is 661. The topological polar surface area (TPSA) is 76.4 Å². The van der Waals surface area contributed by atoms with Crippen molar-refractivity contribution in [1.29, 1.82) is 5.26 Å². The Morgan fingerprint density at radius 2 is 2.00 bits per heavy atom. The van der Waals surface area contributed by atoms with E-state index in [2.05, 4.69) is 21.6 Å². The van der Waals surface area contributed by atoms with E-state index in [1.54, 1.807) is 24.3 Å². The number of nitrogens with one attached hydrogen (secondary N) is 1. The minimum absolute atomic E-state index is 0.0992. The van der Waals surface area contributed by atoms with Gasteiger partial charge in [0.25, 0.3) is 0 Å². The predicted molar refractivity (Wildman–Crippen MR) is 90.3 cm³/mol. The van der Waals surface area contributed by atoms with E-state index >= 15 is 0 Å². The average Bonchev–Trinajstić information content (AvgIpc) is 2.53. The van der Waals surface area contributed by atoms with Crippen LogP contribution in [0.2, 0.25) is 0 Å². The van der Waals surface area contributed by atoms with Crippen LogP contribution in [0.3, 0.4) is 0 Å². The molecule has 0 aromatic heterocycles. The first-order valence-electron chi connectivity index (χ1n) is 7.78. The highest BCUT2D eigenvalue weighted by Gasteiger charge is 2.21. The molecule has 0 saturated carbocycles. The molecule has 1 aliphatic heterocycles. The van der Waals surface area contributed by atoms with Gasteiger partial charge in [0.2, 0.25) is 10.0 Å². The molecule has 1 saturated heterocycles. The lowest BCUT2D eigenvalue weighted by atomic mass is 10.2. The van der Waals surface area contributed by atoms with Gasteiger partial charge in [0.1, 0.15) is 0 Å². The second kappa shape index (κ2) is 7.88. The normalized spacial score (nSPS) is 18.5. The Hall–Kier alpha value is -1.46. The van der Waals surface area contributed by atoms with Gasteiger partial charge in [0.15, 0.2) is 0 Å². The highest BCUT2D eigenvalue weighted by molar-refractivity contribution is 7.88. The van der Waals surface area contributed by atoms with Gasteiger partial charge in [0.05, 0.1) is 17.4 Å². The predicted octanol–water partition coefficient (Wildman–Crippen LogP) is 0.614. The molecule has 2 rings (SSSR count). The molecule has 1 aromatic rings. The van der Waals surface area contributed by atoms with E-state index in [1.165, 1.54) is 0 Å². The number of piperazine rings is 1. The molecule has 1 N–H and O–H groups in total. The van der Waals surface area contributed by atoms with Crippen LogP contribution in [0.4, 0.5) is 0 Å². The van der Waals surface area contributed by atoms with Gasteiger partial charge in [-0.25, -0.2) is 13.1 Å². The number of hydrogen-bond acceptors (Lipinski definition) is 5. The molecule has 0 radical (unpaired) electrons. The summed E-state index contributed by atoms with van der Waals surface area (Å²) in [6.07, 6.45) is 0. The first-order chi connectivity index (χ1) is 10.9. The summed E-state index contributed by atoms with van der Waals surface area (Å²) in [4.78, 5) is 4.58. The zero-order chi connectivity index (χ0) is 16.9. The summed E-state index contributed by atoms with van der Waals surface area (Å²) in [6, 6.07) is 8.91. The lowest BCUT2D eigenvalue weighted by molar-refractivity contribution is 0.120. The maximum Gasteiger partial charge on any atom is 0.215 e. The summed E-state index contributed by atoms with van der Waals surface area (Å²) in [5, 5.41) is 8.88. The molecule has 1 aliphatic rings. The van der Waals surface area contributed by atoms with Crippen molar-refractivity contribution in [3.8, 4) is 6.07 Å². The van der Waals surface area contributed by atoms with Crippen LogP contribution in [-0.4, -0.2) is 64.0 Å². The molecule has 1 heterocycles. The zero-order valence-electron chi connectivity index (χ0n) is 13.7. The molecule has 0 unspecified atom stereocenters. The number of benzene rings is 1. The van der Waals surface area contributed by atoms with Crippen molar-refractivity contribution >= 4 is 10.0 Å². The Morgan fingerprint density at radius 3 is 2.65 bits per heavy atom. The van der Waals surface area contributed by atoms with E-state index in [-0.39, 0.29) is 11.8 Å². The zero-order valence-corrected chi connectivity index (χ0v) is 14.5. The van der Waals surface area contributed by atoms with Crippen LogP contribution >= 0.6 is 0 Å². The lowest BCUT2D eigenvalue weighted by Crippen LogP contribution is -2.51. The number of sulfonamides is 1. The van der Waals surface area contributed by atoms with Crippen LogP contribution in [0.25, 0.3) is 0 Å². The quantitative estimate of drug-likeness (QED) is 0.824. The monoisotopic (exact) mass is 336 g/mol. The molecule has 7 heteroatoms. The summed E-state index contributed by atoms with van der Waals surface area (Å²) in [5.41, 5.74) is 1.10. The van der Waals surface area contributed by atoms with Gasteiger partial charge in [-0.2, -0.15) is 5.26 Å². The van der Waals surface area contributed by atoms with Crippen LogP contribution in [0, 0.1) is 11.3 Å². The molecule has 0 bridgehead atoms. The number of likely N-dealkylation sites (N-methyl/N-ethyl adjacent to an activating group) is 1. The van der Waals surface area contributed by atoms with Crippen LogP contribution in [0.15, 0.2) is 24.3 Å². The first-order valence-corrected chi connectivity index (χ1v) is 9.44. The van der Waals surface area contributed by atoms with Crippen molar-refractivity contribution in [2.45, 2.75) is 18.7 Å². The molecule has 1 aromatic carbocycles. The summed E-state index contributed by atoms with van der Waals surface area (Å²) >= 11 is 0. The Labute approximate surface area is 138 Å². The molecule has 6 nitrogen and oxygen atoms in total. The van der Waals surface area contributed by atoms with E-state index in [0.29, 0.717) is 17.7 Å². The Morgan fingerprint density at radius 1 is 1.30 bits per heavy atom. The van der Waals surface area contributed by atoms with E-state index in [1.807, 2.05) is 13.0 Å². The van der Waals surface area contributed by atoms with Crippen molar-refractivity contribution in [3.63, 3.8) is 0 Å². The van der Waals surface area contributed by atoms with Gasteiger partial charge in [-0.3, -0.25) is 4.90 Å². The maximum absolute atomic E-state index is 12.2. The average molecular weight is 336 g/mol. The summed E-state index contributed by atoms with van der Waals surface area (Å²) in [6.45, 7) is 6.40. The second-order valence-corrected chi connectivity index (χ2v) is 7.91. The van der Waals surface area contributed by atoms with Gasteiger partial charge in [-0.05, 0) is 31.7 Å². The van der Waals surface area contributed by atoms with Crippen LogP contribution in [-0.2, 0) is 15.8 Å². The summed E-state index contributed by atoms with van der Waals surface area (Å²) < 4.78 is 27.1. The van der Waals surface area contributed by atoms with Gasteiger partial charge in [-0.1, -0.05) is 12.1 Å². The fourth-order valence-corrected chi connectivity index (χ4v) is 3.86. The number of rotatable bonds is 6. The smallest absolute Gasteiger partial charge is 0.215 e.